The molecule has 1 N–H and O–H groups in total. The molecule has 2 fully saturated rings. The number of aromatic nitrogens is 1. The second kappa shape index (κ2) is 9.72. The molecule has 6 nitrogen and oxygen atoms in total. The van der Waals surface area contributed by atoms with Crippen LogP contribution in [0.4, 0.5) is 5.82 Å². The molecule has 0 bridgehead atoms. The van der Waals surface area contributed by atoms with E-state index in [1.54, 1.807) is 6.20 Å². The van der Waals surface area contributed by atoms with Crippen molar-refractivity contribution in [3.63, 3.8) is 0 Å². The number of benzene rings is 1. The highest BCUT2D eigenvalue weighted by molar-refractivity contribution is 5.94. The minimum atomic E-state index is -0.0787. The van der Waals surface area contributed by atoms with E-state index in [-0.39, 0.29) is 23.8 Å². The highest BCUT2D eigenvalue weighted by atomic mass is 16.2. The van der Waals surface area contributed by atoms with Crippen LogP contribution in [0.5, 0.6) is 0 Å². The molecule has 32 heavy (non-hydrogen) atoms. The van der Waals surface area contributed by atoms with Gasteiger partial charge in [0.15, 0.2) is 0 Å². The van der Waals surface area contributed by atoms with E-state index in [1.807, 2.05) is 42.2 Å². The number of piperazine rings is 1. The van der Waals surface area contributed by atoms with E-state index in [4.69, 9.17) is 0 Å². The lowest BCUT2D eigenvalue weighted by molar-refractivity contribution is -0.133. The number of nitrogens with zero attached hydrogens (tertiary/aromatic N) is 3. The maximum absolute atomic E-state index is 12.9. The van der Waals surface area contributed by atoms with Gasteiger partial charge in [-0.1, -0.05) is 44.2 Å². The SMILES string of the molecule is CC(C)CC(C)NC(=O)c1ccc(N2CCN(C(=O)C3CC3c3ccccc3)CC2)nc1. The van der Waals surface area contributed by atoms with Crippen LogP contribution < -0.4 is 10.2 Å². The second-order valence-corrected chi connectivity index (χ2v) is 9.58. The molecule has 2 heterocycles. The maximum Gasteiger partial charge on any atom is 0.253 e. The van der Waals surface area contributed by atoms with Crippen molar-refractivity contribution >= 4 is 17.6 Å². The topological polar surface area (TPSA) is 65.5 Å². The van der Waals surface area contributed by atoms with Gasteiger partial charge in [0, 0.05) is 44.3 Å². The van der Waals surface area contributed by atoms with Crippen LogP contribution in [-0.4, -0.2) is 53.9 Å². The predicted molar refractivity (Wildman–Crippen MR) is 127 cm³/mol. The molecule has 1 aliphatic heterocycles. The average molecular weight is 435 g/mol. The van der Waals surface area contributed by atoms with E-state index in [0.717, 1.165) is 31.7 Å². The van der Waals surface area contributed by atoms with Gasteiger partial charge >= 0.3 is 0 Å². The molecule has 1 aromatic heterocycles. The summed E-state index contributed by atoms with van der Waals surface area (Å²) in [5.41, 5.74) is 1.86. The second-order valence-electron chi connectivity index (χ2n) is 9.58. The number of carbonyl (C=O) groups excluding carboxylic acids is 2. The molecule has 1 saturated carbocycles. The van der Waals surface area contributed by atoms with E-state index in [0.29, 0.717) is 30.5 Å². The first-order valence-electron chi connectivity index (χ1n) is 11.8. The van der Waals surface area contributed by atoms with E-state index in [9.17, 15) is 9.59 Å². The van der Waals surface area contributed by atoms with Gasteiger partial charge in [-0.3, -0.25) is 9.59 Å². The molecule has 1 aromatic carbocycles. The Bertz CT molecular complexity index is 921. The van der Waals surface area contributed by atoms with E-state index in [1.165, 1.54) is 5.56 Å². The van der Waals surface area contributed by atoms with Gasteiger partial charge in [0.2, 0.25) is 5.91 Å². The summed E-state index contributed by atoms with van der Waals surface area (Å²) in [5.74, 6) is 2.13. The molecule has 3 unspecified atom stereocenters. The van der Waals surface area contributed by atoms with Crippen molar-refractivity contribution in [2.45, 2.75) is 45.6 Å². The lowest BCUT2D eigenvalue weighted by Crippen LogP contribution is -2.49. The van der Waals surface area contributed by atoms with Crippen molar-refractivity contribution in [2.24, 2.45) is 11.8 Å². The number of rotatable bonds is 7. The normalized spacial score (nSPS) is 21.4. The number of pyridine rings is 1. The minimum Gasteiger partial charge on any atom is -0.353 e. The Kier molecular flexibility index (Phi) is 6.77. The Hall–Kier alpha value is -2.89. The summed E-state index contributed by atoms with van der Waals surface area (Å²) >= 11 is 0. The third-order valence-corrected chi connectivity index (χ3v) is 6.46. The third-order valence-electron chi connectivity index (χ3n) is 6.46. The molecule has 0 radical (unpaired) electrons. The summed E-state index contributed by atoms with van der Waals surface area (Å²) in [6.07, 6.45) is 3.57. The van der Waals surface area contributed by atoms with Crippen LogP contribution >= 0.6 is 0 Å². The first-order chi connectivity index (χ1) is 15.4. The van der Waals surface area contributed by atoms with Crippen molar-refractivity contribution in [2.75, 3.05) is 31.1 Å². The highest BCUT2D eigenvalue weighted by Crippen LogP contribution is 2.48. The quantitative estimate of drug-likeness (QED) is 0.722. The standard InChI is InChI=1S/C26H34N4O2/c1-18(2)15-19(3)28-25(31)21-9-10-24(27-17-21)29-11-13-30(14-12-29)26(32)23-16-22(23)20-7-5-4-6-8-20/h4-10,17-19,22-23H,11-16H2,1-3H3,(H,28,31). The van der Waals surface area contributed by atoms with E-state index < -0.39 is 0 Å². The summed E-state index contributed by atoms with van der Waals surface area (Å²) in [6, 6.07) is 14.2. The Balaban J connectivity index is 1.26. The van der Waals surface area contributed by atoms with Crippen LogP contribution in [0.2, 0.25) is 0 Å². The van der Waals surface area contributed by atoms with Crippen LogP contribution in [0.15, 0.2) is 48.7 Å². The Morgan fingerprint density at radius 3 is 2.38 bits per heavy atom. The third kappa shape index (κ3) is 5.29. The first kappa shape index (κ1) is 22.3. The van der Waals surface area contributed by atoms with Crippen molar-refractivity contribution in [1.82, 2.24) is 15.2 Å². The predicted octanol–water partition coefficient (Wildman–Crippen LogP) is 3.70. The largest absolute Gasteiger partial charge is 0.353 e. The molecule has 0 spiro atoms. The summed E-state index contributed by atoms with van der Waals surface area (Å²) in [4.78, 5) is 34.1. The van der Waals surface area contributed by atoms with Gasteiger partial charge in [0.1, 0.15) is 5.82 Å². The monoisotopic (exact) mass is 434 g/mol. The van der Waals surface area contributed by atoms with Crippen LogP contribution in [0.25, 0.3) is 0 Å². The molecular weight excluding hydrogens is 400 g/mol. The van der Waals surface area contributed by atoms with Gasteiger partial charge in [-0.15, -0.1) is 0 Å². The van der Waals surface area contributed by atoms with Gasteiger partial charge < -0.3 is 15.1 Å². The number of amides is 2. The van der Waals surface area contributed by atoms with E-state index in [2.05, 4.69) is 41.2 Å². The first-order valence-corrected chi connectivity index (χ1v) is 11.8. The van der Waals surface area contributed by atoms with Crippen molar-refractivity contribution in [1.29, 1.82) is 0 Å². The molecular formula is C26H34N4O2. The molecule has 2 aliphatic rings. The van der Waals surface area contributed by atoms with Gasteiger partial charge in [0.25, 0.3) is 5.91 Å². The highest BCUT2D eigenvalue weighted by Gasteiger charge is 2.46. The zero-order valence-corrected chi connectivity index (χ0v) is 19.3. The molecule has 6 heteroatoms. The van der Waals surface area contributed by atoms with Crippen LogP contribution in [0, 0.1) is 11.8 Å². The van der Waals surface area contributed by atoms with Gasteiger partial charge in [-0.2, -0.15) is 0 Å². The fourth-order valence-electron chi connectivity index (χ4n) is 4.71. The average Bonchev–Trinajstić information content (AvgIpc) is 3.60. The van der Waals surface area contributed by atoms with Crippen LogP contribution in [0.1, 0.15) is 55.5 Å². The fraction of sp³-hybridized carbons (Fsp3) is 0.500. The number of hydrogen-bond acceptors (Lipinski definition) is 4. The number of nitrogens with one attached hydrogen (secondary N) is 1. The number of hydrogen-bond donors (Lipinski definition) is 1. The van der Waals surface area contributed by atoms with Crippen molar-refractivity contribution in [3.8, 4) is 0 Å². The lowest BCUT2D eigenvalue weighted by Gasteiger charge is -2.35. The van der Waals surface area contributed by atoms with Gasteiger partial charge in [0.05, 0.1) is 5.56 Å². The summed E-state index contributed by atoms with van der Waals surface area (Å²) in [6.45, 7) is 9.29. The molecule has 170 valence electrons. The van der Waals surface area contributed by atoms with Gasteiger partial charge in [-0.05, 0) is 49.3 Å². The Morgan fingerprint density at radius 2 is 1.75 bits per heavy atom. The van der Waals surface area contributed by atoms with Gasteiger partial charge in [-0.25, -0.2) is 4.98 Å². The Morgan fingerprint density at radius 1 is 1.03 bits per heavy atom. The number of anilines is 1. The van der Waals surface area contributed by atoms with E-state index >= 15 is 0 Å². The molecule has 2 amide bonds. The lowest BCUT2D eigenvalue weighted by atomic mass is 10.1. The zero-order valence-electron chi connectivity index (χ0n) is 19.3. The molecule has 1 saturated heterocycles. The smallest absolute Gasteiger partial charge is 0.253 e. The summed E-state index contributed by atoms with van der Waals surface area (Å²) in [7, 11) is 0. The molecule has 2 aromatic rings. The minimum absolute atomic E-state index is 0.0787. The van der Waals surface area contributed by atoms with Crippen LogP contribution in [-0.2, 0) is 4.79 Å². The molecule has 3 atom stereocenters. The van der Waals surface area contributed by atoms with Crippen molar-refractivity contribution < 1.29 is 9.59 Å². The Labute approximate surface area is 191 Å². The van der Waals surface area contributed by atoms with Crippen molar-refractivity contribution in [3.05, 3.63) is 59.8 Å². The number of carbonyl (C=O) groups is 2. The summed E-state index contributed by atoms with van der Waals surface area (Å²) < 4.78 is 0. The summed E-state index contributed by atoms with van der Waals surface area (Å²) in [5, 5.41) is 3.04. The molecule has 4 rings (SSSR count). The zero-order chi connectivity index (χ0) is 22.7. The molecule has 1 aliphatic carbocycles. The maximum atomic E-state index is 12.9. The fourth-order valence-corrected chi connectivity index (χ4v) is 4.71. The van der Waals surface area contributed by atoms with Crippen LogP contribution in [0.3, 0.4) is 0 Å².